The van der Waals surface area contributed by atoms with Crippen molar-refractivity contribution in [1.29, 1.82) is 0 Å². The highest BCUT2D eigenvalue weighted by molar-refractivity contribution is 6.30. The molecule has 5 atom stereocenters. The van der Waals surface area contributed by atoms with Gasteiger partial charge >= 0.3 is 5.97 Å². The summed E-state index contributed by atoms with van der Waals surface area (Å²) in [6.07, 6.45) is 2.99. The standard InChI is InChI=1S/C30H24ClN5O4/c31-21-13-11-20(12-14-21)26(35-17-30-16-15-22(40-30)23(29(38)39)24(30)28(35)37)27-32-33-34-36(27)25(18-7-3-1-4-8-18)19-9-5-2-6-10-19/h1-16,22-26H,17H2,(H,38,39)/t22-,23-,24+,26+,30+/m1/s1. The molecule has 1 spiro atoms. The average Bonchev–Trinajstić information content (AvgIpc) is 3.74. The Morgan fingerprint density at radius 3 is 2.20 bits per heavy atom. The molecule has 1 aromatic heterocycles. The summed E-state index contributed by atoms with van der Waals surface area (Å²) in [6.45, 7) is 0.175. The van der Waals surface area contributed by atoms with E-state index in [2.05, 4.69) is 15.5 Å². The van der Waals surface area contributed by atoms with Gasteiger partial charge < -0.3 is 14.7 Å². The third-order valence-corrected chi connectivity index (χ3v) is 8.40. The molecule has 9 nitrogen and oxygen atoms in total. The predicted molar refractivity (Wildman–Crippen MR) is 144 cm³/mol. The molecule has 4 heterocycles. The first-order valence-electron chi connectivity index (χ1n) is 13.0. The Morgan fingerprint density at radius 1 is 0.950 bits per heavy atom. The molecule has 1 N–H and O–H groups in total. The van der Waals surface area contributed by atoms with Crippen molar-refractivity contribution in [2.24, 2.45) is 11.8 Å². The summed E-state index contributed by atoms with van der Waals surface area (Å²) in [5, 5.41) is 23.5. The van der Waals surface area contributed by atoms with Gasteiger partial charge in [0.15, 0.2) is 5.82 Å². The number of aromatic nitrogens is 4. The third kappa shape index (κ3) is 3.76. The highest BCUT2D eigenvalue weighted by atomic mass is 35.5. The van der Waals surface area contributed by atoms with E-state index in [0.717, 1.165) is 16.7 Å². The van der Waals surface area contributed by atoms with Crippen molar-refractivity contribution in [1.82, 2.24) is 25.1 Å². The van der Waals surface area contributed by atoms with Crippen molar-refractivity contribution in [2.45, 2.75) is 23.8 Å². The number of nitrogens with zero attached hydrogens (tertiary/aromatic N) is 5. The highest BCUT2D eigenvalue weighted by Gasteiger charge is 2.68. The number of hydrogen-bond donors (Lipinski definition) is 1. The van der Waals surface area contributed by atoms with E-state index in [1.54, 1.807) is 27.8 Å². The smallest absolute Gasteiger partial charge is 0.310 e. The van der Waals surface area contributed by atoms with Crippen molar-refractivity contribution in [3.05, 3.63) is 125 Å². The minimum absolute atomic E-state index is 0.175. The minimum atomic E-state index is -1.04. The highest BCUT2D eigenvalue weighted by Crippen LogP contribution is 2.54. The molecule has 2 saturated heterocycles. The molecule has 3 aliphatic rings. The van der Waals surface area contributed by atoms with E-state index in [9.17, 15) is 14.7 Å². The van der Waals surface area contributed by atoms with E-state index >= 15 is 0 Å². The van der Waals surface area contributed by atoms with Crippen LogP contribution in [0.4, 0.5) is 0 Å². The number of rotatable bonds is 7. The van der Waals surface area contributed by atoms with E-state index < -0.39 is 35.6 Å². The molecule has 10 heteroatoms. The topological polar surface area (TPSA) is 110 Å². The molecule has 3 aliphatic heterocycles. The van der Waals surface area contributed by atoms with E-state index in [0.29, 0.717) is 10.8 Å². The first kappa shape index (κ1) is 24.7. The summed E-state index contributed by atoms with van der Waals surface area (Å²) in [5.74, 6) is -2.69. The van der Waals surface area contributed by atoms with Gasteiger partial charge in [0.1, 0.15) is 23.6 Å². The zero-order valence-corrected chi connectivity index (χ0v) is 21.9. The van der Waals surface area contributed by atoms with Gasteiger partial charge in [0, 0.05) is 5.02 Å². The summed E-state index contributed by atoms with van der Waals surface area (Å²) < 4.78 is 7.91. The normalized spacial score (nSPS) is 25.5. The average molecular weight is 554 g/mol. The van der Waals surface area contributed by atoms with Crippen LogP contribution in [0.25, 0.3) is 0 Å². The van der Waals surface area contributed by atoms with Crippen LogP contribution in [0.5, 0.6) is 0 Å². The SMILES string of the molecule is O=C(O)[C@H]1[C@H]2C(=O)N([C@@H](c3ccc(Cl)cc3)c3nnnn3C(c3ccccc3)c3ccccc3)C[C@@]23C=C[C@H]1O3. The van der Waals surface area contributed by atoms with Gasteiger partial charge in [-0.1, -0.05) is 96.5 Å². The van der Waals surface area contributed by atoms with E-state index in [1.807, 2.05) is 78.9 Å². The number of ether oxygens (including phenoxy) is 1. The summed E-state index contributed by atoms with van der Waals surface area (Å²) in [6, 6.07) is 25.9. The van der Waals surface area contributed by atoms with Crippen LogP contribution in [0, 0.1) is 11.8 Å². The fourth-order valence-electron chi connectivity index (χ4n) is 6.45. The first-order valence-corrected chi connectivity index (χ1v) is 13.4. The fourth-order valence-corrected chi connectivity index (χ4v) is 6.58. The van der Waals surface area contributed by atoms with Gasteiger partial charge in [0.05, 0.1) is 18.6 Å². The number of carbonyl (C=O) groups is 2. The van der Waals surface area contributed by atoms with E-state index in [4.69, 9.17) is 16.3 Å². The number of halogens is 1. The predicted octanol–water partition coefficient (Wildman–Crippen LogP) is 3.92. The quantitative estimate of drug-likeness (QED) is 0.345. The number of carboxylic acid groups (broad SMARTS) is 1. The van der Waals surface area contributed by atoms with Crippen LogP contribution in [0.2, 0.25) is 5.02 Å². The van der Waals surface area contributed by atoms with Crippen molar-refractivity contribution >= 4 is 23.5 Å². The molecule has 3 aromatic carbocycles. The molecular formula is C30H24ClN5O4. The number of fused-ring (bicyclic) bond motifs is 1. The molecule has 2 bridgehead atoms. The van der Waals surface area contributed by atoms with E-state index in [1.165, 1.54) is 0 Å². The molecule has 4 aromatic rings. The molecule has 0 saturated carbocycles. The van der Waals surface area contributed by atoms with Crippen molar-refractivity contribution in [3.8, 4) is 0 Å². The molecule has 200 valence electrons. The second-order valence-corrected chi connectivity index (χ2v) is 10.8. The number of hydrogen-bond acceptors (Lipinski definition) is 6. The summed E-state index contributed by atoms with van der Waals surface area (Å²) >= 11 is 6.23. The van der Waals surface area contributed by atoms with Gasteiger partial charge in [-0.3, -0.25) is 9.59 Å². The number of carbonyl (C=O) groups excluding carboxylic acids is 1. The third-order valence-electron chi connectivity index (χ3n) is 8.15. The van der Waals surface area contributed by atoms with Crippen LogP contribution in [-0.2, 0) is 14.3 Å². The van der Waals surface area contributed by atoms with Gasteiger partial charge in [0.2, 0.25) is 5.91 Å². The number of carboxylic acids is 1. The van der Waals surface area contributed by atoms with Crippen molar-refractivity contribution < 1.29 is 19.4 Å². The molecular weight excluding hydrogens is 530 g/mol. The van der Waals surface area contributed by atoms with Crippen LogP contribution in [0.1, 0.15) is 34.6 Å². The van der Waals surface area contributed by atoms with Crippen molar-refractivity contribution in [3.63, 3.8) is 0 Å². The number of likely N-dealkylation sites (tertiary alicyclic amines) is 1. The Morgan fingerprint density at radius 2 is 1.57 bits per heavy atom. The lowest BCUT2D eigenvalue weighted by Gasteiger charge is -2.31. The number of tetrazole rings is 1. The Hall–Kier alpha value is -4.34. The lowest BCUT2D eigenvalue weighted by Crippen LogP contribution is -2.40. The first-order chi connectivity index (χ1) is 19.5. The summed E-state index contributed by atoms with van der Waals surface area (Å²) in [4.78, 5) is 28.0. The molecule has 7 rings (SSSR count). The van der Waals surface area contributed by atoms with Crippen LogP contribution < -0.4 is 0 Å². The van der Waals surface area contributed by atoms with Gasteiger partial charge in [0.25, 0.3) is 0 Å². The monoisotopic (exact) mass is 553 g/mol. The maximum absolute atomic E-state index is 14.1. The maximum atomic E-state index is 14.1. The molecule has 0 unspecified atom stereocenters. The van der Waals surface area contributed by atoms with Crippen molar-refractivity contribution in [2.75, 3.05) is 6.54 Å². The minimum Gasteiger partial charge on any atom is -0.481 e. The number of aliphatic carboxylic acids is 1. The number of benzene rings is 3. The Balaban J connectivity index is 1.38. The lowest BCUT2D eigenvalue weighted by atomic mass is 9.77. The fraction of sp³-hybridized carbons (Fsp3) is 0.233. The van der Waals surface area contributed by atoms with Gasteiger partial charge in [-0.2, -0.15) is 0 Å². The molecule has 40 heavy (non-hydrogen) atoms. The van der Waals surface area contributed by atoms with Gasteiger partial charge in [-0.05, 0) is 39.2 Å². The Kier molecular flexibility index (Phi) is 5.80. The lowest BCUT2D eigenvalue weighted by molar-refractivity contribution is -0.148. The molecule has 1 amide bonds. The second kappa shape index (κ2) is 9.39. The molecule has 0 aliphatic carbocycles. The maximum Gasteiger partial charge on any atom is 0.310 e. The number of amides is 1. The molecule has 2 fully saturated rings. The van der Waals surface area contributed by atoms with Gasteiger partial charge in [-0.25, -0.2) is 4.68 Å². The second-order valence-electron chi connectivity index (χ2n) is 10.4. The van der Waals surface area contributed by atoms with E-state index in [-0.39, 0.29) is 18.5 Å². The van der Waals surface area contributed by atoms with Gasteiger partial charge in [-0.15, -0.1) is 5.10 Å². The summed E-state index contributed by atoms with van der Waals surface area (Å²) in [7, 11) is 0. The van der Waals surface area contributed by atoms with Crippen LogP contribution >= 0.6 is 11.6 Å². The van der Waals surface area contributed by atoms with Crippen LogP contribution in [0.15, 0.2) is 97.1 Å². The van der Waals surface area contributed by atoms with Crippen LogP contribution in [0.3, 0.4) is 0 Å². The largest absolute Gasteiger partial charge is 0.481 e. The summed E-state index contributed by atoms with van der Waals surface area (Å²) in [5.41, 5.74) is 1.68. The zero-order chi connectivity index (χ0) is 27.4. The Bertz CT molecular complexity index is 1570. The zero-order valence-electron chi connectivity index (χ0n) is 21.1. The van der Waals surface area contributed by atoms with Crippen LogP contribution in [-0.4, -0.2) is 60.3 Å². The Labute approximate surface area is 234 Å². The molecule has 0 radical (unpaired) electrons.